The fourth-order valence-electron chi connectivity index (χ4n) is 5.71. The molecule has 3 aliphatic rings. The molecule has 1 heterocycles. The molecule has 1 saturated carbocycles. The third kappa shape index (κ3) is 2.14. The third-order valence-corrected chi connectivity index (χ3v) is 6.99. The highest BCUT2D eigenvalue weighted by atomic mass is 16.5. The van der Waals surface area contributed by atoms with Crippen LogP contribution < -0.4 is 9.47 Å². The summed E-state index contributed by atoms with van der Waals surface area (Å²) in [6.07, 6.45) is 8.51. The van der Waals surface area contributed by atoms with Crippen LogP contribution in [0, 0.1) is 17.3 Å². The van der Waals surface area contributed by atoms with Gasteiger partial charge in [0, 0.05) is 5.92 Å². The molecule has 0 spiro atoms. The van der Waals surface area contributed by atoms with Gasteiger partial charge in [-0.25, -0.2) is 0 Å². The fourth-order valence-corrected chi connectivity index (χ4v) is 5.71. The zero-order valence-electron chi connectivity index (χ0n) is 14.8. The molecule has 2 nitrogen and oxygen atoms in total. The topological polar surface area (TPSA) is 18.5 Å². The van der Waals surface area contributed by atoms with Gasteiger partial charge in [-0.2, -0.15) is 0 Å². The van der Waals surface area contributed by atoms with Crippen LogP contribution in [0.15, 0.2) is 29.8 Å². The maximum Gasteiger partial charge on any atom is 0.123 e. The molecule has 23 heavy (non-hydrogen) atoms. The van der Waals surface area contributed by atoms with Crippen molar-refractivity contribution in [3.8, 4) is 11.5 Å². The highest BCUT2D eigenvalue weighted by Gasteiger charge is 2.57. The first-order valence-corrected chi connectivity index (χ1v) is 8.99. The van der Waals surface area contributed by atoms with Crippen LogP contribution in [-0.2, 0) is 6.42 Å². The van der Waals surface area contributed by atoms with Crippen LogP contribution in [0.4, 0.5) is 0 Å². The monoisotopic (exact) mass is 312 g/mol. The highest BCUT2D eigenvalue weighted by molar-refractivity contribution is 5.43. The van der Waals surface area contributed by atoms with Gasteiger partial charge in [-0.1, -0.05) is 18.6 Å². The largest absolute Gasteiger partial charge is 0.497 e. The Morgan fingerprint density at radius 3 is 2.83 bits per heavy atom. The standard InChI is InChI=1S/C21H28O2/c1-14-6-5-10-20(2)17(14)9-11-21(3)19(20)13-15-12-16(22-4)7-8-18(15)23-21/h6-8,12,17,19H,5,9-11,13H2,1-4H3/t17-,19+,20-,21+/m0/s1. The predicted octanol–water partition coefficient (Wildman–Crippen LogP) is 5.16. The van der Waals surface area contributed by atoms with Gasteiger partial charge in [0.25, 0.3) is 0 Å². The second-order valence-corrected chi connectivity index (χ2v) is 8.23. The quantitative estimate of drug-likeness (QED) is 0.667. The van der Waals surface area contributed by atoms with Gasteiger partial charge in [-0.15, -0.1) is 0 Å². The SMILES string of the molecule is COc1ccc2c(c1)C[C@@H]1[C@@]3(C)CCC=C(C)[C@@H]3CC[C@@]1(C)O2. The zero-order valence-corrected chi connectivity index (χ0v) is 14.8. The summed E-state index contributed by atoms with van der Waals surface area (Å²) in [5.74, 6) is 3.31. The van der Waals surface area contributed by atoms with Crippen molar-refractivity contribution in [3.63, 3.8) is 0 Å². The fraction of sp³-hybridized carbons (Fsp3) is 0.619. The molecule has 0 aromatic heterocycles. The minimum atomic E-state index is -0.0234. The van der Waals surface area contributed by atoms with Crippen molar-refractivity contribution in [3.05, 3.63) is 35.4 Å². The summed E-state index contributed by atoms with van der Waals surface area (Å²) >= 11 is 0. The molecule has 1 aromatic carbocycles. The van der Waals surface area contributed by atoms with Crippen LogP contribution in [0.3, 0.4) is 0 Å². The summed E-state index contributed by atoms with van der Waals surface area (Å²) in [5, 5.41) is 0. The Hall–Kier alpha value is -1.44. The van der Waals surface area contributed by atoms with Crippen LogP contribution >= 0.6 is 0 Å². The van der Waals surface area contributed by atoms with Crippen molar-refractivity contribution in [1.29, 1.82) is 0 Å². The van der Waals surface area contributed by atoms with Crippen LogP contribution in [0.1, 0.15) is 52.0 Å². The van der Waals surface area contributed by atoms with E-state index in [4.69, 9.17) is 9.47 Å². The van der Waals surface area contributed by atoms with E-state index in [-0.39, 0.29) is 5.60 Å². The molecule has 0 radical (unpaired) electrons. The lowest BCUT2D eigenvalue weighted by molar-refractivity contribution is -0.114. The van der Waals surface area contributed by atoms with Gasteiger partial charge in [-0.05, 0) is 81.0 Å². The Kier molecular flexibility index (Phi) is 3.30. The molecule has 124 valence electrons. The van der Waals surface area contributed by atoms with E-state index in [0.717, 1.165) is 30.3 Å². The van der Waals surface area contributed by atoms with Crippen LogP contribution in [-0.4, -0.2) is 12.7 Å². The summed E-state index contributed by atoms with van der Waals surface area (Å²) in [5.41, 5.74) is 3.26. The van der Waals surface area contributed by atoms with Crippen molar-refractivity contribution in [2.45, 2.75) is 58.5 Å². The van der Waals surface area contributed by atoms with E-state index >= 15 is 0 Å². The van der Waals surface area contributed by atoms with Crippen molar-refractivity contribution >= 4 is 0 Å². The average Bonchev–Trinajstić information content (AvgIpc) is 2.52. The summed E-state index contributed by atoms with van der Waals surface area (Å²) in [4.78, 5) is 0. The first-order chi connectivity index (χ1) is 11.0. The number of rotatable bonds is 1. The van der Waals surface area contributed by atoms with E-state index < -0.39 is 0 Å². The maximum absolute atomic E-state index is 6.60. The minimum absolute atomic E-state index is 0.0234. The van der Waals surface area contributed by atoms with Crippen LogP contribution in [0.2, 0.25) is 0 Å². The number of allylic oxidation sites excluding steroid dienone is 2. The number of benzene rings is 1. The van der Waals surface area contributed by atoms with Crippen molar-refractivity contribution < 1.29 is 9.47 Å². The molecule has 1 aromatic rings. The summed E-state index contributed by atoms with van der Waals surface area (Å²) in [6, 6.07) is 6.28. The minimum Gasteiger partial charge on any atom is -0.497 e. The Morgan fingerprint density at radius 1 is 1.22 bits per heavy atom. The molecule has 1 aliphatic heterocycles. The second kappa shape index (κ2) is 5.03. The lowest BCUT2D eigenvalue weighted by Crippen LogP contribution is -2.58. The third-order valence-electron chi connectivity index (χ3n) is 6.99. The lowest BCUT2D eigenvalue weighted by atomic mass is 9.50. The Balaban J connectivity index is 1.76. The molecule has 4 rings (SSSR count). The van der Waals surface area contributed by atoms with E-state index in [1.165, 1.54) is 24.8 Å². The lowest BCUT2D eigenvalue weighted by Gasteiger charge is -2.59. The number of methoxy groups -OCH3 is 1. The van der Waals surface area contributed by atoms with Gasteiger partial charge in [-0.3, -0.25) is 0 Å². The van der Waals surface area contributed by atoms with E-state index in [1.807, 2.05) is 6.07 Å². The Bertz CT molecular complexity index is 662. The number of hydrogen-bond donors (Lipinski definition) is 0. The molecule has 2 aliphatic carbocycles. The molecular formula is C21H28O2. The zero-order chi connectivity index (χ0) is 16.2. The summed E-state index contributed by atoms with van der Waals surface area (Å²) in [7, 11) is 1.74. The molecule has 0 unspecified atom stereocenters. The van der Waals surface area contributed by atoms with Gasteiger partial charge < -0.3 is 9.47 Å². The molecular weight excluding hydrogens is 284 g/mol. The Morgan fingerprint density at radius 2 is 2.04 bits per heavy atom. The maximum atomic E-state index is 6.60. The number of fused-ring (bicyclic) bond motifs is 4. The second-order valence-electron chi connectivity index (χ2n) is 8.23. The van der Waals surface area contributed by atoms with Gasteiger partial charge in [0.05, 0.1) is 7.11 Å². The summed E-state index contributed by atoms with van der Waals surface area (Å²) in [6.45, 7) is 7.20. The van der Waals surface area contributed by atoms with Crippen LogP contribution in [0.25, 0.3) is 0 Å². The predicted molar refractivity (Wildman–Crippen MR) is 93.0 cm³/mol. The average molecular weight is 312 g/mol. The van der Waals surface area contributed by atoms with E-state index in [9.17, 15) is 0 Å². The normalized spacial score (nSPS) is 38.5. The van der Waals surface area contributed by atoms with Gasteiger partial charge in [0.2, 0.25) is 0 Å². The summed E-state index contributed by atoms with van der Waals surface area (Å²) < 4.78 is 12.0. The van der Waals surface area contributed by atoms with Gasteiger partial charge in [0.15, 0.2) is 0 Å². The van der Waals surface area contributed by atoms with Crippen molar-refractivity contribution in [1.82, 2.24) is 0 Å². The molecule has 4 atom stereocenters. The number of ether oxygens (including phenoxy) is 2. The van der Waals surface area contributed by atoms with Gasteiger partial charge >= 0.3 is 0 Å². The molecule has 0 saturated heterocycles. The first kappa shape index (κ1) is 15.1. The number of hydrogen-bond acceptors (Lipinski definition) is 2. The van der Waals surface area contributed by atoms with E-state index in [2.05, 4.69) is 39.0 Å². The van der Waals surface area contributed by atoms with E-state index in [1.54, 1.807) is 12.7 Å². The van der Waals surface area contributed by atoms with E-state index in [0.29, 0.717) is 11.3 Å². The smallest absolute Gasteiger partial charge is 0.123 e. The molecule has 0 bridgehead atoms. The van der Waals surface area contributed by atoms with Gasteiger partial charge in [0.1, 0.15) is 17.1 Å². The molecule has 2 heteroatoms. The highest BCUT2D eigenvalue weighted by Crippen LogP contribution is 2.60. The molecule has 0 amide bonds. The first-order valence-electron chi connectivity index (χ1n) is 8.99. The van der Waals surface area contributed by atoms with Crippen LogP contribution in [0.5, 0.6) is 11.5 Å². The Labute approximate surface area is 139 Å². The molecule has 0 N–H and O–H groups in total. The van der Waals surface area contributed by atoms with Crippen molar-refractivity contribution in [2.75, 3.05) is 7.11 Å². The molecule has 1 fully saturated rings. The van der Waals surface area contributed by atoms with Crippen molar-refractivity contribution in [2.24, 2.45) is 17.3 Å².